The summed E-state index contributed by atoms with van der Waals surface area (Å²) in [5.74, 6) is 0.261. The Balaban J connectivity index is 2.53. The molecule has 0 fully saturated rings. The van der Waals surface area contributed by atoms with Gasteiger partial charge in [0, 0.05) is 24.8 Å². The summed E-state index contributed by atoms with van der Waals surface area (Å²) in [5.41, 5.74) is 1.22. The molecule has 0 aromatic heterocycles. The van der Waals surface area contributed by atoms with Crippen molar-refractivity contribution in [3.05, 3.63) is 29.8 Å². The zero-order valence-corrected chi connectivity index (χ0v) is 10.9. The lowest BCUT2D eigenvalue weighted by molar-refractivity contribution is 0.0963. The van der Waals surface area contributed by atoms with Crippen LogP contribution in [0.25, 0.3) is 0 Å². The predicted molar refractivity (Wildman–Crippen MR) is 71.7 cm³/mol. The van der Waals surface area contributed by atoms with Gasteiger partial charge in [-0.15, -0.1) is 0 Å². The summed E-state index contributed by atoms with van der Waals surface area (Å²) in [7, 11) is 1.58. The molecule has 0 saturated heterocycles. The first kappa shape index (κ1) is 14.0. The number of hydrogen-bond donors (Lipinski definition) is 3. The highest BCUT2D eigenvalue weighted by Crippen LogP contribution is 2.09. The van der Waals surface area contributed by atoms with E-state index in [0.717, 1.165) is 0 Å². The molecule has 0 radical (unpaired) electrons. The minimum atomic E-state index is -0.239. The van der Waals surface area contributed by atoms with E-state index in [1.165, 1.54) is 0 Å². The van der Waals surface area contributed by atoms with E-state index >= 15 is 0 Å². The van der Waals surface area contributed by atoms with E-state index in [4.69, 9.17) is 0 Å². The van der Waals surface area contributed by atoms with Crippen molar-refractivity contribution in [3.63, 3.8) is 0 Å². The van der Waals surface area contributed by atoms with Gasteiger partial charge in [0.25, 0.3) is 5.91 Å². The van der Waals surface area contributed by atoms with Gasteiger partial charge in [-0.1, -0.05) is 13.8 Å². The van der Waals surface area contributed by atoms with Crippen LogP contribution in [0, 0.1) is 5.92 Å². The molecule has 98 valence electrons. The SMILES string of the molecule is CNC(=O)c1ccc(NC(=O)NCC(C)C)cc1. The van der Waals surface area contributed by atoms with E-state index in [2.05, 4.69) is 16.0 Å². The molecule has 0 saturated carbocycles. The summed E-state index contributed by atoms with van der Waals surface area (Å²) in [6, 6.07) is 6.48. The molecule has 18 heavy (non-hydrogen) atoms. The molecule has 1 aromatic rings. The third-order valence-corrected chi connectivity index (χ3v) is 2.30. The highest BCUT2D eigenvalue weighted by molar-refractivity contribution is 5.95. The number of carbonyl (C=O) groups excluding carboxylic acids is 2. The van der Waals surface area contributed by atoms with Crippen molar-refractivity contribution in [2.75, 3.05) is 18.9 Å². The topological polar surface area (TPSA) is 70.2 Å². The summed E-state index contributed by atoms with van der Waals surface area (Å²) in [6.07, 6.45) is 0. The maximum absolute atomic E-state index is 11.5. The Labute approximate surface area is 107 Å². The summed E-state index contributed by atoms with van der Waals surface area (Å²) in [5, 5.41) is 7.99. The van der Waals surface area contributed by atoms with Crippen LogP contribution in [0.5, 0.6) is 0 Å². The number of benzene rings is 1. The molecule has 0 spiro atoms. The van der Waals surface area contributed by atoms with Crippen molar-refractivity contribution in [2.45, 2.75) is 13.8 Å². The van der Waals surface area contributed by atoms with Crippen molar-refractivity contribution in [3.8, 4) is 0 Å². The lowest BCUT2D eigenvalue weighted by Gasteiger charge is -2.09. The minimum absolute atomic E-state index is 0.147. The van der Waals surface area contributed by atoms with Crippen LogP contribution in [0.2, 0.25) is 0 Å². The van der Waals surface area contributed by atoms with Crippen molar-refractivity contribution in [2.24, 2.45) is 5.92 Å². The summed E-state index contributed by atoms with van der Waals surface area (Å²) >= 11 is 0. The molecule has 1 aromatic carbocycles. The summed E-state index contributed by atoms with van der Waals surface area (Å²) < 4.78 is 0. The lowest BCUT2D eigenvalue weighted by atomic mass is 10.2. The van der Waals surface area contributed by atoms with Gasteiger partial charge in [0.05, 0.1) is 0 Å². The van der Waals surface area contributed by atoms with E-state index in [1.54, 1.807) is 31.3 Å². The second kappa shape index (κ2) is 6.64. The normalized spacial score (nSPS) is 10.0. The molecule has 5 heteroatoms. The highest BCUT2D eigenvalue weighted by Gasteiger charge is 2.05. The number of hydrogen-bond acceptors (Lipinski definition) is 2. The third kappa shape index (κ3) is 4.45. The van der Waals surface area contributed by atoms with Crippen LogP contribution in [-0.2, 0) is 0 Å². The van der Waals surface area contributed by atoms with E-state index in [1.807, 2.05) is 13.8 Å². The van der Waals surface area contributed by atoms with E-state index in [-0.39, 0.29) is 11.9 Å². The lowest BCUT2D eigenvalue weighted by Crippen LogP contribution is -2.31. The van der Waals surface area contributed by atoms with Crippen LogP contribution >= 0.6 is 0 Å². The van der Waals surface area contributed by atoms with Crippen LogP contribution in [0.15, 0.2) is 24.3 Å². The number of anilines is 1. The van der Waals surface area contributed by atoms with E-state index in [0.29, 0.717) is 23.7 Å². The zero-order valence-electron chi connectivity index (χ0n) is 10.9. The maximum Gasteiger partial charge on any atom is 0.319 e. The van der Waals surface area contributed by atoms with Gasteiger partial charge < -0.3 is 16.0 Å². The maximum atomic E-state index is 11.5. The first-order chi connectivity index (χ1) is 8.52. The van der Waals surface area contributed by atoms with Crippen LogP contribution in [0.4, 0.5) is 10.5 Å². The third-order valence-electron chi connectivity index (χ3n) is 2.30. The van der Waals surface area contributed by atoms with Gasteiger partial charge in [0.15, 0.2) is 0 Å². The molecule has 0 atom stereocenters. The van der Waals surface area contributed by atoms with Crippen molar-refractivity contribution < 1.29 is 9.59 Å². The van der Waals surface area contributed by atoms with Gasteiger partial charge in [-0.25, -0.2) is 4.79 Å². The van der Waals surface area contributed by atoms with Crippen molar-refractivity contribution in [1.29, 1.82) is 0 Å². The fourth-order valence-electron chi connectivity index (χ4n) is 1.32. The minimum Gasteiger partial charge on any atom is -0.355 e. The van der Waals surface area contributed by atoms with Crippen LogP contribution < -0.4 is 16.0 Å². The standard InChI is InChI=1S/C13H19N3O2/c1-9(2)8-15-13(18)16-11-6-4-10(5-7-11)12(17)14-3/h4-7,9H,8H2,1-3H3,(H,14,17)(H2,15,16,18). The molecule has 5 nitrogen and oxygen atoms in total. The molecular formula is C13H19N3O2. The molecule has 3 amide bonds. The van der Waals surface area contributed by atoms with Gasteiger partial charge >= 0.3 is 6.03 Å². The molecule has 0 heterocycles. The van der Waals surface area contributed by atoms with Crippen LogP contribution in [-0.4, -0.2) is 25.5 Å². The van der Waals surface area contributed by atoms with Gasteiger partial charge in [0.2, 0.25) is 0 Å². The molecule has 0 aliphatic rings. The fraction of sp³-hybridized carbons (Fsp3) is 0.385. The Bertz CT molecular complexity index is 413. The largest absolute Gasteiger partial charge is 0.355 e. The Morgan fingerprint density at radius 3 is 2.28 bits per heavy atom. The van der Waals surface area contributed by atoms with E-state index in [9.17, 15) is 9.59 Å². The second-order valence-electron chi connectivity index (χ2n) is 4.39. The number of nitrogens with one attached hydrogen (secondary N) is 3. The van der Waals surface area contributed by atoms with Gasteiger partial charge in [-0.2, -0.15) is 0 Å². The Morgan fingerprint density at radius 2 is 1.78 bits per heavy atom. The van der Waals surface area contributed by atoms with Crippen molar-refractivity contribution in [1.82, 2.24) is 10.6 Å². The van der Waals surface area contributed by atoms with Gasteiger partial charge in [-0.3, -0.25) is 4.79 Å². The fourth-order valence-corrected chi connectivity index (χ4v) is 1.32. The molecule has 1 rings (SSSR count). The zero-order chi connectivity index (χ0) is 13.5. The Hall–Kier alpha value is -2.04. The summed E-state index contributed by atoms with van der Waals surface area (Å²) in [4.78, 5) is 22.8. The molecule has 0 aliphatic carbocycles. The van der Waals surface area contributed by atoms with Crippen LogP contribution in [0.3, 0.4) is 0 Å². The smallest absolute Gasteiger partial charge is 0.319 e. The van der Waals surface area contributed by atoms with Crippen LogP contribution in [0.1, 0.15) is 24.2 Å². The monoisotopic (exact) mass is 249 g/mol. The first-order valence-electron chi connectivity index (χ1n) is 5.90. The molecule has 0 unspecified atom stereocenters. The molecule has 0 bridgehead atoms. The van der Waals surface area contributed by atoms with Gasteiger partial charge in [-0.05, 0) is 30.2 Å². The number of amides is 3. The van der Waals surface area contributed by atoms with Gasteiger partial charge in [0.1, 0.15) is 0 Å². The first-order valence-corrected chi connectivity index (χ1v) is 5.90. The number of rotatable bonds is 4. The van der Waals surface area contributed by atoms with Crippen molar-refractivity contribution >= 4 is 17.6 Å². The molecule has 0 aliphatic heterocycles. The quantitative estimate of drug-likeness (QED) is 0.761. The Kier molecular flexibility index (Phi) is 5.17. The molecular weight excluding hydrogens is 230 g/mol. The number of carbonyl (C=O) groups is 2. The highest BCUT2D eigenvalue weighted by atomic mass is 16.2. The number of urea groups is 1. The molecule has 3 N–H and O–H groups in total. The average molecular weight is 249 g/mol. The predicted octanol–water partition coefficient (Wildman–Crippen LogP) is 1.82. The van der Waals surface area contributed by atoms with E-state index < -0.39 is 0 Å². The average Bonchev–Trinajstić information content (AvgIpc) is 2.36. The summed E-state index contributed by atoms with van der Waals surface area (Å²) in [6.45, 7) is 4.68. The Morgan fingerprint density at radius 1 is 1.17 bits per heavy atom. The second-order valence-corrected chi connectivity index (χ2v) is 4.39.